The summed E-state index contributed by atoms with van der Waals surface area (Å²) in [6.07, 6.45) is 0. The number of carboxylic acid groups (broad SMARTS) is 1. The fraction of sp³-hybridized carbons (Fsp3) is 0.385. The number of nitrogens with one attached hydrogen (secondary N) is 1. The second-order valence-electron chi connectivity index (χ2n) is 4.60. The maximum Gasteiger partial charge on any atom is 0.321 e. The fourth-order valence-electron chi connectivity index (χ4n) is 1.55. The third kappa shape index (κ3) is 3.66. The Bertz CT molecular complexity index is 535. The number of rotatable bonds is 4. The number of carbonyl (C=O) groups excluding carboxylic acids is 1. The number of hydrogen-bond donors (Lipinski definition) is 2. The molecule has 2 N–H and O–H groups in total. The Balaban J connectivity index is 2.81. The van der Waals surface area contributed by atoms with Crippen molar-refractivity contribution < 1.29 is 23.5 Å². The molecule has 0 saturated carbocycles. The standard InChI is InChI=1S/C13H16F2N2O3/c1-7-4-5-9(14)11(10(7)15)16-13(20)17(3)6-8(2)12(18)19/h4-5,8H,6H2,1-3H3,(H,16,20)(H,18,19). The summed E-state index contributed by atoms with van der Waals surface area (Å²) in [6, 6.07) is 1.53. The monoisotopic (exact) mass is 286 g/mol. The van der Waals surface area contributed by atoms with Gasteiger partial charge in [0.2, 0.25) is 0 Å². The van der Waals surface area contributed by atoms with E-state index in [1.54, 1.807) is 0 Å². The molecule has 1 aromatic carbocycles. The van der Waals surface area contributed by atoms with Crippen molar-refractivity contribution in [3.8, 4) is 0 Å². The zero-order valence-electron chi connectivity index (χ0n) is 11.4. The van der Waals surface area contributed by atoms with Crippen molar-refractivity contribution in [3.05, 3.63) is 29.3 Å². The summed E-state index contributed by atoms with van der Waals surface area (Å²) in [5, 5.41) is 10.9. The second-order valence-corrected chi connectivity index (χ2v) is 4.60. The number of hydrogen-bond acceptors (Lipinski definition) is 2. The van der Waals surface area contributed by atoms with Crippen molar-refractivity contribution in [2.24, 2.45) is 5.92 Å². The van der Waals surface area contributed by atoms with Gasteiger partial charge in [-0.2, -0.15) is 0 Å². The zero-order valence-corrected chi connectivity index (χ0v) is 11.4. The summed E-state index contributed by atoms with van der Waals surface area (Å²) in [5.74, 6) is -3.57. The number of amides is 2. The molecular formula is C13H16F2N2O3. The van der Waals surface area contributed by atoms with Crippen molar-refractivity contribution in [3.63, 3.8) is 0 Å². The van der Waals surface area contributed by atoms with Gasteiger partial charge in [0.1, 0.15) is 11.5 Å². The van der Waals surface area contributed by atoms with Gasteiger partial charge in [-0.1, -0.05) is 13.0 Å². The van der Waals surface area contributed by atoms with Gasteiger partial charge in [0.25, 0.3) is 0 Å². The van der Waals surface area contributed by atoms with Crippen molar-refractivity contribution in [1.82, 2.24) is 4.90 Å². The number of halogens is 2. The van der Waals surface area contributed by atoms with Crippen LogP contribution >= 0.6 is 0 Å². The van der Waals surface area contributed by atoms with Crippen LogP contribution in [0, 0.1) is 24.5 Å². The molecule has 0 radical (unpaired) electrons. The molecule has 0 aliphatic heterocycles. The van der Waals surface area contributed by atoms with E-state index in [-0.39, 0.29) is 12.1 Å². The van der Waals surface area contributed by atoms with Crippen molar-refractivity contribution in [1.29, 1.82) is 0 Å². The maximum atomic E-state index is 13.7. The topological polar surface area (TPSA) is 69.6 Å². The highest BCUT2D eigenvalue weighted by Gasteiger charge is 2.20. The van der Waals surface area contributed by atoms with E-state index in [1.165, 1.54) is 27.0 Å². The molecule has 2 amide bonds. The fourth-order valence-corrected chi connectivity index (χ4v) is 1.55. The van der Waals surface area contributed by atoms with Gasteiger partial charge in [-0.25, -0.2) is 13.6 Å². The third-order valence-corrected chi connectivity index (χ3v) is 2.83. The quantitative estimate of drug-likeness (QED) is 0.893. The minimum atomic E-state index is -1.06. The zero-order chi connectivity index (χ0) is 15.4. The Labute approximate surface area is 115 Å². The van der Waals surface area contributed by atoms with Crippen molar-refractivity contribution in [2.45, 2.75) is 13.8 Å². The normalized spacial score (nSPS) is 11.8. The first-order chi connectivity index (χ1) is 9.23. The largest absolute Gasteiger partial charge is 0.481 e. The van der Waals surface area contributed by atoms with E-state index in [9.17, 15) is 18.4 Å². The molecule has 0 bridgehead atoms. The lowest BCUT2D eigenvalue weighted by molar-refractivity contribution is -0.141. The van der Waals surface area contributed by atoms with E-state index in [4.69, 9.17) is 5.11 Å². The van der Waals surface area contributed by atoms with Crippen molar-refractivity contribution in [2.75, 3.05) is 18.9 Å². The third-order valence-electron chi connectivity index (χ3n) is 2.83. The summed E-state index contributed by atoms with van der Waals surface area (Å²) in [7, 11) is 1.35. The minimum absolute atomic E-state index is 0.0732. The minimum Gasteiger partial charge on any atom is -0.481 e. The van der Waals surface area contributed by atoms with Gasteiger partial charge in [-0.05, 0) is 18.6 Å². The summed E-state index contributed by atoms with van der Waals surface area (Å²) in [4.78, 5) is 23.5. The van der Waals surface area contributed by atoms with Gasteiger partial charge in [0.15, 0.2) is 5.82 Å². The van der Waals surface area contributed by atoms with Gasteiger partial charge in [-0.15, -0.1) is 0 Å². The van der Waals surface area contributed by atoms with Gasteiger partial charge < -0.3 is 15.3 Å². The molecule has 110 valence electrons. The van der Waals surface area contributed by atoms with E-state index in [0.717, 1.165) is 11.0 Å². The molecule has 5 nitrogen and oxygen atoms in total. The number of nitrogens with zero attached hydrogens (tertiary/aromatic N) is 1. The molecule has 1 atom stereocenters. The lowest BCUT2D eigenvalue weighted by Crippen LogP contribution is -2.37. The SMILES string of the molecule is Cc1ccc(F)c(NC(=O)N(C)CC(C)C(=O)O)c1F. The Morgan fingerprint density at radius 3 is 2.55 bits per heavy atom. The van der Waals surface area contributed by atoms with Crippen LogP contribution in [0.2, 0.25) is 0 Å². The van der Waals surface area contributed by atoms with Crippen molar-refractivity contribution >= 4 is 17.7 Å². The van der Waals surface area contributed by atoms with E-state index in [1.807, 2.05) is 0 Å². The lowest BCUT2D eigenvalue weighted by Gasteiger charge is -2.20. The first kappa shape index (κ1) is 15.9. The van der Waals surface area contributed by atoms with E-state index < -0.39 is 35.2 Å². The number of anilines is 1. The van der Waals surface area contributed by atoms with Gasteiger partial charge in [0, 0.05) is 13.6 Å². The van der Waals surface area contributed by atoms with Crippen LogP contribution in [0.1, 0.15) is 12.5 Å². The van der Waals surface area contributed by atoms with Crippen LogP contribution in [0.5, 0.6) is 0 Å². The van der Waals surface area contributed by atoms with Crippen LogP contribution in [0.15, 0.2) is 12.1 Å². The Morgan fingerprint density at radius 2 is 2.00 bits per heavy atom. The van der Waals surface area contributed by atoms with Gasteiger partial charge >= 0.3 is 12.0 Å². The number of urea groups is 1. The van der Waals surface area contributed by atoms with Crippen LogP contribution in [0.25, 0.3) is 0 Å². The van der Waals surface area contributed by atoms with Crippen LogP contribution in [0.4, 0.5) is 19.3 Å². The molecule has 1 unspecified atom stereocenters. The molecule has 20 heavy (non-hydrogen) atoms. The molecular weight excluding hydrogens is 270 g/mol. The van der Waals surface area contributed by atoms with Crippen LogP contribution in [-0.4, -0.2) is 35.6 Å². The summed E-state index contributed by atoms with van der Waals surface area (Å²) >= 11 is 0. The van der Waals surface area contributed by atoms with Crippen LogP contribution in [-0.2, 0) is 4.79 Å². The molecule has 0 saturated heterocycles. The second kappa shape index (κ2) is 6.31. The molecule has 7 heteroatoms. The average molecular weight is 286 g/mol. The highest BCUT2D eigenvalue weighted by molar-refractivity contribution is 5.89. The summed E-state index contributed by atoms with van der Waals surface area (Å²) in [5.41, 5.74) is -0.340. The molecule has 0 heterocycles. The summed E-state index contributed by atoms with van der Waals surface area (Å²) < 4.78 is 27.2. The van der Waals surface area contributed by atoms with E-state index >= 15 is 0 Å². The molecule has 0 aliphatic carbocycles. The van der Waals surface area contributed by atoms with Crippen LogP contribution in [0.3, 0.4) is 0 Å². The van der Waals surface area contributed by atoms with E-state index in [2.05, 4.69) is 5.32 Å². The number of aliphatic carboxylic acids is 1. The molecule has 0 spiro atoms. The Kier molecular flexibility index (Phi) is 5.01. The van der Waals surface area contributed by atoms with Gasteiger partial charge in [0.05, 0.1) is 5.92 Å². The highest BCUT2D eigenvalue weighted by Crippen LogP contribution is 2.21. The molecule has 0 aliphatic rings. The number of carboxylic acids is 1. The van der Waals surface area contributed by atoms with E-state index in [0.29, 0.717) is 0 Å². The Hall–Kier alpha value is -2.18. The number of carbonyl (C=O) groups is 2. The molecule has 1 rings (SSSR count). The van der Waals surface area contributed by atoms with Gasteiger partial charge in [-0.3, -0.25) is 4.79 Å². The predicted octanol–water partition coefficient (Wildman–Crippen LogP) is 2.46. The first-order valence-electron chi connectivity index (χ1n) is 5.93. The number of benzene rings is 1. The highest BCUT2D eigenvalue weighted by atomic mass is 19.1. The first-order valence-corrected chi connectivity index (χ1v) is 5.93. The lowest BCUT2D eigenvalue weighted by atomic mass is 10.2. The average Bonchev–Trinajstić information content (AvgIpc) is 2.38. The number of aryl methyl sites for hydroxylation is 1. The Morgan fingerprint density at radius 1 is 1.40 bits per heavy atom. The molecule has 0 fully saturated rings. The maximum absolute atomic E-state index is 13.7. The predicted molar refractivity (Wildman–Crippen MR) is 69.5 cm³/mol. The molecule has 1 aromatic rings. The molecule has 0 aromatic heterocycles. The summed E-state index contributed by atoms with van der Waals surface area (Å²) in [6.45, 7) is 2.80. The van der Waals surface area contributed by atoms with Crippen LogP contribution < -0.4 is 5.32 Å². The smallest absolute Gasteiger partial charge is 0.321 e.